The molecule has 4 rings (SSSR count). The third-order valence-electron chi connectivity index (χ3n) is 5.39. The molecule has 2 unspecified atom stereocenters. The molecule has 4 N–H and O–H groups in total. The van der Waals surface area contributed by atoms with Crippen molar-refractivity contribution in [2.45, 2.75) is 25.4 Å². The number of carbonyl (C=O) groups excluding carboxylic acids is 1. The number of hydrazine groups is 1. The molecule has 166 valence electrons. The molecule has 2 atom stereocenters. The number of carbonyl (C=O) groups is 1. The van der Waals surface area contributed by atoms with Crippen LogP contribution < -0.4 is 25.8 Å². The van der Waals surface area contributed by atoms with Crippen LogP contribution in [0, 0.1) is 0 Å². The fourth-order valence-corrected chi connectivity index (χ4v) is 3.86. The van der Waals surface area contributed by atoms with Gasteiger partial charge in [0.05, 0.1) is 26.0 Å². The van der Waals surface area contributed by atoms with Crippen LogP contribution >= 0.6 is 0 Å². The Bertz CT molecular complexity index is 1150. The van der Waals surface area contributed by atoms with Gasteiger partial charge in [0.1, 0.15) is 11.8 Å². The third kappa shape index (κ3) is 4.51. The summed E-state index contributed by atoms with van der Waals surface area (Å²) in [5, 5.41) is 16.0. The monoisotopic (exact) mass is 434 g/mol. The molecular weight excluding hydrogens is 408 g/mol. The molecule has 0 aliphatic carbocycles. The molecule has 3 aromatic rings. The minimum Gasteiger partial charge on any atom is -0.504 e. The number of phenols is 1. The number of rotatable bonds is 7. The van der Waals surface area contributed by atoms with Gasteiger partial charge in [-0.15, -0.1) is 0 Å². The summed E-state index contributed by atoms with van der Waals surface area (Å²) in [7, 11) is 1.65. The average molecular weight is 434 g/mol. The second kappa shape index (κ2) is 9.67. The van der Waals surface area contributed by atoms with E-state index in [1.54, 1.807) is 19.2 Å². The van der Waals surface area contributed by atoms with Crippen molar-refractivity contribution < 1.29 is 19.4 Å². The summed E-state index contributed by atoms with van der Waals surface area (Å²) in [6.07, 6.45) is 2.05. The van der Waals surface area contributed by atoms with Crippen LogP contribution in [0.1, 0.15) is 30.5 Å². The van der Waals surface area contributed by atoms with E-state index in [2.05, 4.69) is 33.5 Å². The molecule has 0 saturated carbocycles. The summed E-state index contributed by atoms with van der Waals surface area (Å²) in [6.45, 7) is 2.28. The normalized spacial score (nSPS) is 18.2. The number of hydrazone groups is 1. The first-order valence-corrected chi connectivity index (χ1v) is 10.5. The minimum atomic E-state index is -0.459. The summed E-state index contributed by atoms with van der Waals surface area (Å²) in [4.78, 5) is 12.6. The third-order valence-corrected chi connectivity index (χ3v) is 5.39. The number of hydrogen-bond acceptors (Lipinski definition) is 7. The molecule has 1 aliphatic rings. The van der Waals surface area contributed by atoms with Crippen LogP contribution in [-0.2, 0) is 4.79 Å². The van der Waals surface area contributed by atoms with Crippen LogP contribution in [-0.4, -0.2) is 37.0 Å². The first kappa shape index (κ1) is 21.6. The number of benzene rings is 3. The molecule has 1 saturated heterocycles. The van der Waals surface area contributed by atoms with Crippen LogP contribution in [0.2, 0.25) is 0 Å². The summed E-state index contributed by atoms with van der Waals surface area (Å²) in [5.74, 6) is 0.958. The fraction of sp³-hybridized carbons (Fsp3) is 0.250. The number of nitrogens with zero attached hydrogens (tertiary/aromatic N) is 1. The molecule has 0 radical (unpaired) electrons. The van der Waals surface area contributed by atoms with Gasteiger partial charge >= 0.3 is 0 Å². The fourth-order valence-electron chi connectivity index (χ4n) is 3.86. The molecule has 1 fully saturated rings. The maximum Gasteiger partial charge on any atom is 0.258 e. The van der Waals surface area contributed by atoms with E-state index in [1.165, 1.54) is 12.3 Å². The molecule has 1 amide bonds. The maximum atomic E-state index is 12.6. The second-order valence-corrected chi connectivity index (χ2v) is 7.43. The Hall–Kier alpha value is -3.62. The average Bonchev–Trinajstić information content (AvgIpc) is 3.30. The first-order chi connectivity index (χ1) is 15.6. The lowest BCUT2D eigenvalue weighted by molar-refractivity contribution is -0.122. The molecule has 3 aromatic carbocycles. The number of aromatic hydroxyl groups is 1. The summed E-state index contributed by atoms with van der Waals surface area (Å²) in [5.41, 5.74) is 10.6. The lowest BCUT2D eigenvalue weighted by atomic mass is 9.95. The maximum absolute atomic E-state index is 12.6. The van der Waals surface area contributed by atoms with Crippen molar-refractivity contribution in [3.05, 3.63) is 65.7 Å². The minimum absolute atomic E-state index is 0.0594. The smallest absolute Gasteiger partial charge is 0.258 e. The Balaban J connectivity index is 1.43. The number of nitrogens with one attached hydrogen (secondary N) is 3. The molecule has 8 heteroatoms. The highest BCUT2D eigenvalue weighted by atomic mass is 16.5. The van der Waals surface area contributed by atoms with Crippen LogP contribution in [0.5, 0.6) is 17.2 Å². The Morgan fingerprint density at radius 2 is 2.03 bits per heavy atom. The highest BCUT2D eigenvalue weighted by Crippen LogP contribution is 2.36. The summed E-state index contributed by atoms with van der Waals surface area (Å²) in [6, 6.07) is 16.4. The molecule has 32 heavy (non-hydrogen) atoms. The van der Waals surface area contributed by atoms with E-state index in [4.69, 9.17) is 9.47 Å². The van der Waals surface area contributed by atoms with E-state index in [9.17, 15) is 9.90 Å². The van der Waals surface area contributed by atoms with Crippen LogP contribution in [0.4, 0.5) is 0 Å². The van der Waals surface area contributed by atoms with E-state index >= 15 is 0 Å². The van der Waals surface area contributed by atoms with E-state index < -0.39 is 6.04 Å². The van der Waals surface area contributed by atoms with Gasteiger partial charge in [0.2, 0.25) is 0 Å². The first-order valence-electron chi connectivity index (χ1n) is 10.5. The van der Waals surface area contributed by atoms with Crippen molar-refractivity contribution in [2.24, 2.45) is 5.10 Å². The highest BCUT2D eigenvalue weighted by molar-refractivity contribution is 5.89. The van der Waals surface area contributed by atoms with Gasteiger partial charge in [-0.2, -0.15) is 5.10 Å². The summed E-state index contributed by atoms with van der Waals surface area (Å²) < 4.78 is 11.0. The predicted octanol–water partition coefficient (Wildman–Crippen LogP) is 3.01. The number of fused-ring (bicyclic) bond motifs is 1. The molecular formula is C24H26N4O4. The molecule has 8 nitrogen and oxygen atoms in total. The van der Waals surface area contributed by atoms with Crippen LogP contribution in [0.25, 0.3) is 10.8 Å². The molecule has 0 aromatic heterocycles. The Labute approximate surface area is 186 Å². The SMILES string of the molecule is CCOc1cc(/C=N/NC(=O)C2CC(c3c(OC)ccc4ccccc34)NN2)ccc1O. The van der Waals surface area contributed by atoms with Crippen molar-refractivity contribution >= 4 is 22.9 Å². The van der Waals surface area contributed by atoms with Crippen molar-refractivity contribution in [1.29, 1.82) is 0 Å². The number of phenolic OH excluding ortho intramolecular Hbond substituents is 1. The van der Waals surface area contributed by atoms with Gasteiger partial charge in [-0.25, -0.2) is 16.3 Å². The van der Waals surface area contributed by atoms with Gasteiger partial charge in [-0.3, -0.25) is 4.79 Å². The van der Waals surface area contributed by atoms with Crippen molar-refractivity contribution in [2.75, 3.05) is 13.7 Å². The molecule has 0 spiro atoms. The van der Waals surface area contributed by atoms with Crippen molar-refractivity contribution in [3.63, 3.8) is 0 Å². The number of hydrogen-bond donors (Lipinski definition) is 4. The lowest BCUT2D eigenvalue weighted by Crippen LogP contribution is -2.41. The molecule has 0 bridgehead atoms. The number of methoxy groups -OCH3 is 1. The number of ether oxygens (including phenoxy) is 2. The van der Waals surface area contributed by atoms with Gasteiger partial charge in [0.15, 0.2) is 11.5 Å². The van der Waals surface area contributed by atoms with Gasteiger partial charge in [0.25, 0.3) is 5.91 Å². The topological polar surface area (TPSA) is 104 Å². The summed E-state index contributed by atoms with van der Waals surface area (Å²) >= 11 is 0. The van der Waals surface area contributed by atoms with Crippen LogP contribution in [0.3, 0.4) is 0 Å². The van der Waals surface area contributed by atoms with Gasteiger partial charge < -0.3 is 14.6 Å². The van der Waals surface area contributed by atoms with E-state index in [-0.39, 0.29) is 17.7 Å². The zero-order valence-electron chi connectivity index (χ0n) is 18.0. The van der Waals surface area contributed by atoms with Crippen molar-refractivity contribution in [3.8, 4) is 17.2 Å². The zero-order valence-corrected chi connectivity index (χ0v) is 18.0. The van der Waals surface area contributed by atoms with E-state index in [0.29, 0.717) is 24.3 Å². The van der Waals surface area contributed by atoms with Gasteiger partial charge in [-0.05, 0) is 53.9 Å². The van der Waals surface area contributed by atoms with Gasteiger partial charge in [-0.1, -0.05) is 30.3 Å². The van der Waals surface area contributed by atoms with E-state index in [0.717, 1.165) is 22.1 Å². The molecule has 1 heterocycles. The lowest BCUT2D eigenvalue weighted by Gasteiger charge is -2.17. The van der Waals surface area contributed by atoms with E-state index in [1.807, 2.05) is 31.2 Å². The molecule has 1 aliphatic heterocycles. The quantitative estimate of drug-likeness (QED) is 0.337. The largest absolute Gasteiger partial charge is 0.504 e. The highest BCUT2D eigenvalue weighted by Gasteiger charge is 2.32. The zero-order chi connectivity index (χ0) is 22.5. The second-order valence-electron chi connectivity index (χ2n) is 7.43. The van der Waals surface area contributed by atoms with Crippen LogP contribution in [0.15, 0.2) is 59.7 Å². The predicted molar refractivity (Wildman–Crippen MR) is 123 cm³/mol. The Kier molecular flexibility index (Phi) is 6.53. The standard InChI is InChI=1S/C24H26N4O4/c1-3-32-22-12-15(8-10-20(22)29)14-25-28-24(30)19-13-18(26-27-19)23-17-7-5-4-6-16(17)9-11-21(23)31-2/h4-12,14,18-19,26-27,29H,3,13H2,1-2H3,(H,28,30)/b25-14+. The van der Waals surface area contributed by atoms with Crippen molar-refractivity contribution in [1.82, 2.24) is 16.3 Å². The number of amides is 1. The Morgan fingerprint density at radius 3 is 2.84 bits per heavy atom. The Morgan fingerprint density at radius 1 is 1.19 bits per heavy atom. The van der Waals surface area contributed by atoms with Gasteiger partial charge in [0, 0.05) is 5.56 Å².